The van der Waals surface area contributed by atoms with Crippen LogP contribution in [0.1, 0.15) is 50.2 Å². The Morgan fingerprint density at radius 1 is 1.04 bits per heavy atom. The van der Waals surface area contributed by atoms with Crippen molar-refractivity contribution in [3.8, 4) is 5.75 Å². The van der Waals surface area contributed by atoms with Crippen LogP contribution in [-0.4, -0.2) is 12.9 Å². The average Bonchev–Trinajstić information content (AvgIpc) is 2.79. The molecular formula is C24H28O2. The molecule has 2 aliphatic carbocycles. The maximum Gasteiger partial charge on any atom is 0.139 e. The van der Waals surface area contributed by atoms with Gasteiger partial charge in [0.15, 0.2) is 0 Å². The van der Waals surface area contributed by atoms with Crippen molar-refractivity contribution < 1.29 is 9.53 Å². The van der Waals surface area contributed by atoms with Crippen LogP contribution < -0.4 is 4.74 Å². The predicted octanol–water partition coefficient (Wildman–Crippen LogP) is 5.35. The molecule has 0 unspecified atom stereocenters. The molecule has 0 saturated heterocycles. The number of ether oxygens (including phenoxy) is 1. The molecule has 0 N–H and O–H groups in total. The van der Waals surface area contributed by atoms with Gasteiger partial charge in [0, 0.05) is 17.3 Å². The van der Waals surface area contributed by atoms with Crippen LogP contribution in [0.25, 0.3) is 0 Å². The zero-order chi connectivity index (χ0) is 18.2. The summed E-state index contributed by atoms with van der Waals surface area (Å²) in [5, 5.41) is 0. The number of ketones is 1. The van der Waals surface area contributed by atoms with Gasteiger partial charge in [-0.3, -0.25) is 4.79 Å². The van der Waals surface area contributed by atoms with Crippen LogP contribution in [-0.2, 0) is 16.6 Å². The minimum atomic E-state index is -0.160. The third kappa shape index (κ3) is 2.67. The molecule has 2 nitrogen and oxygen atoms in total. The van der Waals surface area contributed by atoms with E-state index in [1.165, 1.54) is 11.1 Å². The molecule has 0 aromatic heterocycles. The van der Waals surface area contributed by atoms with E-state index in [9.17, 15) is 4.79 Å². The Hall–Kier alpha value is -2.09. The fourth-order valence-corrected chi connectivity index (χ4v) is 5.68. The topological polar surface area (TPSA) is 26.3 Å². The molecule has 0 aliphatic heterocycles. The summed E-state index contributed by atoms with van der Waals surface area (Å²) < 4.78 is 5.34. The van der Waals surface area contributed by atoms with Gasteiger partial charge in [-0.25, -0.2) is 0 Å². The van der Waals surface area contributed by atoms with Crippen LogP contribution in [0, 0.1) is 11.3 Å². The van der Waals surface area contributed by atoms with E-state index in [1.54, 1.807) is 7.11 Å². The van der Waals surface area contributed by atoms with Crippen molar-refractivity contribution in [1.29, 1.82) is 0 Å². The van der Waals surface area contributed by atoms with Crippen molar-refractivity contribution in [1.82, 2.24) is 0 Å². The molecule has 4 rings (SSSR count). The van der Waals surface area contributed by atoms with Crippen LogP contribution >= 0.6 is 0 Å². The highest BCUT2D eigenvalue weighted by atomic mass is 16.5. The molecule has 136 valence electrons. The maximum absolute atomic E-state index is 13.1. The van der Waals surface area contributed by atoms with Crippen molar-refractivity contribution in [2.45, 2.75) is 50.9 Å². The Morgan fingerprint density at radius 2 is 1.77 bits per heavy atom. The summed E-state index contributed by atoms with van der Waals surface area (Å²) in [5.74, 6) is 1.78. The zero-order valence-corrected chi connectivity index (χ0v) is 15.8. The molecule has 0 amide bonds. The van der Waals surface area contributed by atoms with E-state index in [4.69, 9.17) is 4.74 Å². The minimum absolute atomic E-state index is 0.00509. The first-order valence-electron chi connectivity index (χ1n) is 9.80. The number of rotatable bonds is 5. The molecular weight excluding hydrogens is 320 g/mol. The molecule has 2 aromatic rings. The summed E-state index contributed by atoms with van der Waals surface area (Å²) in [6, 6.07) is 19.2. The first-order chi connectivity index (χ1) is 12.6. The van der Waals surface area contributed by atoms with E-state index >= 15 is 0 Å². The van der Waals surface area contributed by atoms with Crippen molar-refractivity contribution in [3.05, 3.63) is 65.7 Å². The lowest BCUT2D eigenvalue weighted by Gasteiger charge is -2.45. The van der Waals surface area contributed by atoms with Gasteiger partial charge in [-0.1, -0.05) is 55.8 Å². The number of Topliss-reactive ketones (excluding diaryl/α,β-unsaturated/α-hetero) is 1. The van der Waals surface area contributed by atoms with E-state index in [0.717, 1.165) is 37.9 Å². The van der Waals surface area contributed by atoms with E-state index in [0.29, 0.717) is 18.1 Å². The minimum Gasteiger partial charge on any atom is -0.497 e. The Bertz CT molecular complexity index is 780. The molecule has 26 heavy (non-hydrogen) atoms. The fourth-order valence-electron chi connectivity index (χ4n) is 5.68. The van der Waals surface area contributed by atoms with E-state index < -0.39 is 0 Å². The first kappa shape index (κ1) is 17.3. The van der Waals surface area contributed by atoms with E-state index in [2.05, 4.69) is 49.4 Å². The SMILES string of the molecule is COc1ccc([C@]23CCC[C@](C)(C(=O)C2)[C@@H]3CCc2ccccc2)cc1. The fraction of sp³-hybridized carbons (Fsp3) is 0.458. The predicted molar refractivity (Wildman–Crippen MR) is 105 cm³/mol. The van der Waals surface area contributed by atoms with Gasteiger partial charge in [-0.15, -0.1) is 0 Å². The average molecular weight is 348 g/mol. The Kier molecular flexibility index (Phi) is 4.38. The summed E-state index contributed by atoms with van der Waals surface area (Å²) in [6.07, 6.45) is 6.15. The van der Waals surface area contributed by atoms with E-state index in [-0.39, 0.29) is 10.8 Å². The summed E-state index contributed by atoms with van der Waals surface area (Å²) in [6.45, 7) is 2.23. The summed E-state index contributed by atoms with van der Waals surface area (Å²) in [4.78, 5) is 13.1. The first-order valence-corrected chi connectivity index (χ1v) is 9.80. The van der Waals surface area contributed by atoms with Crippen LogP contribution in [0.4, 0.5) is 0 Å². The third-order valence-corrected chi connectivity index (χ3v) is 7.10. The molecule has 2 saturated carbocycles. The van der Waals surface area contributed by atoms with Crippen LogP contribution in [0.3, 0.4) is 0 Å². The molecule has 2 fully saturated rings. The van der Waals surface area contributed by atoms with Gasteiger partial charge in [0.1, 0.15) is 11.5 Å². The van der Waals surface area contributed by atoms with Gasteiger partial charge < -0.3 is 4.74 Å². The van der Waals surface area contributed by atoms with E-state index in [1.807, 2.05) is 12.1 Å². The summed E-state index contributed by atoms with van der Waals surface area (Å²) >= 11 is 0. The number of aryl methyl sites for hydroxylation is 1. The second-order valence-corrected chi connectivity index (χ2v) is 8.33. The number of benzene rings is 2. The van der Waals surface area contributed by atoms with Gasteiger partial charge in [-0.2, -0.15) is 0 Å². The number of fused-ring (bicyclic) bond motifs is 2. The van der Waals surface area contributed by atoms with Crippen molar-refractivity contribution in [2.24, 2.45) is 11.3 Å². The van der Waals surface area contributed by atoms with Crippen LogP contribution in [0.2, 0.25) is 0 Å². The molecule has 0 heterocycles. The van der Waals surface area contributed by atoms with Gasteiger partial charge in [0.25, 0.3) is 0 Å². The lowest BCUT2D eigenvalue weighted by Crippen LogP contribution is -2.42. The Labute approximate surface area is 156 Å². The summed E-state index contributed by atoms with van der Waals surface area (Å²) in [7, 11) is 1.70. The Balaban J connectivity index is 1.68. The van der Waals surface area contributed by atoms with Crippen molar-refractivity contribution >= 4 is 5.78 Å². The highest BCUT2D eigenvalue weighted by molar-refractivity contribution is 5.90. The second kappa shape index (κ2) is 6.57. The Morgan fingerprint density at radius 3 is 2.46 bits per heavy atom. The molecule has 2 heteroatoms. The van der Waals surface area contributed by atoms with Crippen molar-refractivity contribution in [2.75, 3.05) is 7.11 Å². The quantitative estimate of drug-likeness (QED) is 0.728. The highest BCUT2D eigenvalue weighted by Crippen LogP contribution is 2.62. The second-order valence-electron chi connectivity index (χ2n) is 8.33. The lowest BCUT2D eigenvalue weighted by atomic mass is 9.57. The van der Waals surface area contributed by atoms with Crippen molar-refractivity contribution in [3.63, 3.8) is 0 Å². The van der Waals surface area contributed by atoms with Crippen LogP contribution in [0.5, 0.6) is 5.75 Å². The van der Waals surface area contributed by atoms with Gasteiger partial charge in [-0.05, 0) is 54.9 Å². The number of methoxy groups -OCH3 is 1. The van der Waals surface area contributed by atoms with Gasteiger partial charge in [0.2, 0.25) is 0 Å². The largest absolute Gasteiger partial charge is 0.497 e. The number of hydrogen-bond acceptors (Lipinski definition) is 2. The normalized spacial score (nSPS) is 30.4. The number of carbonyl (C=O) groups excluding carboxylic acids is 1. The molecule has 2 aliphatic rings. The molecule has 0 spiro atoms. The zero-order valence-electron chi connectivity index (χ0n) is 15.8. The summed E-state index contributed by atoms with van der Waals surface area (Å²) in [5.41, 5.74) is 2.55. The lowest BCUT2D eigenvalue weighted by molar-refractivity contribution is -0.127. The molecule has 2 aromatic carbocycles. The van der Waals surface area contributed by atoms with Gasteiger partial charge in [0.05, 0.1) is 7.11 Å². The molecule has 3 atom stereocenters. The monoisotopic (exact) mass is 348 g/mol. The smallest absolute Gasteiger partial charge is 0.139 e. The molecule has 0 radical (unpaired) electrons. The van der Waals surface area contributed by atoms with Crippen LogP contribution in [0.15, 0.2) is 54.6 Å². The van der Waals surface area contributed by atoms with Gasteiger partial charge >= 0.3 is 0 Å². The molecule has 2 bridgehead atoms. The number of hydrogen-bond donors (Lipinski definition) is 0. The maximum atomic E-state index is 13.1. The number of carbonyl (C=O) groups is 1. The standard InChI is InChI=1S/C24H28O2/c1-23-15-6-16-24(17-22(23)25,19-10-12-20(26-2)13-11-19)21(23)14-9-18-7-4-3-5-8-18/h3-5,7-8,10-13,21H,6,9,14-17H2,1-2H3/t21-,23-,24-/m0/s1. The highest BCUT2D eigenvalue weighted by Gasteiger charge is 2.61. The third-order valence-electron chi connectivity index (χ3n) is 7.10.